The Kier molecular flexibility index (Phi) is 7.50. The van der Waals surface area contributed by atoms with E-state index in [1.54, 1.807) is 14.2 Å². The topological polar surface area (TPSA) is 57.7 Å². The molecule has 1 aromatic rings. The van der Waals surface area contributed by atoms with Crippen LogP contribution in [0.1, 0.15) is 19.4 Å². The molecule has 0 aliphatic rings. The number of hydrogen-bond donors (Lipinski definition) is 3. The Labute approximate surface area is 121 Å². The molecule has 0 aliphatic carbocycles. The molecule has 3 N–H and O–H groups in total. The van der Waals surface area contributed by atoms with Gasteiger partial charge < -0.3 is 20.7 Å². The average Bonchev–Trinajstić information content (AvgIpc) is 2.44. The molecule has 112 valence electrons. The zero-order valence-corrected chi connectivity index (χ0v) is 12.9. The van der Waals surface area contributed by atoms with Crippen molar-refractivity contribution in [2.45, 2.75) is 26.4 Å². The summed E-state index contributed by atoms with van der Waals surface area (Å²) in [4.78, 5) is 4.18. The average molecular weight is 278 g/mol. The molecule has 0 radical (unpaired) electrons. The van der Waals surface area contributed by atoms with Gasteiger partial charge in [-0.2, -0.15) is 0 Å². The van der Waals surface area contributed by atoms with E-state index in [-0.39, 0.29) is 0 Å². The van der Waals surface area contributed by atoms with E-state index in [2.05, 4.69) is 59.1 Å². The summed E-state index contributed by atoms with van der Waals surface area (Å²) in [6.07, 6.45) is 0. The van der Waals surface area contributed by atoms with Crippen LogP contribution in [-0.4, -0.2) is 39.3 Å². The lowest BCUT2D eigenvalue weighted by atomic mass is 10.2. The molecular weight excluding hydrogens is 252 g/mol. The minimum atomic E-state index is 0.369. The Morgan fingerprint density at radius 3 is 2.50 bits per heavy atom. The van der Waals surface area contributed by atoms with Crippen LogP contribution in [0.5, 0.6) is 0 Å². The summed E-state index contributed by atoms with van der Waals surface area (Å²) >= 11 is 0. The smallest absolute Gasteiger partial charge is 0.191 e. The number of rotatable bonds is 7. The largest absolute Gasteiger partial charge is 0.383 e. The van der Waals surface area contributed by atoms with Crippen LogP contribution >= 0.6 is 0 Å². The number of nitrogens with one attached hydrogen (secondary N) is 3. The van der Waals surface area contributed by atoms with Crippen molar-refractivity contribution in [1.82, 2.24) is 10.6 Å². The second-order valence-corrected chi connectivity index (χ2v) is 4.84. The van der Waals surface area contributed by atoms with E-state index in [9.17, 15) is 0 Å². The molecule has 0 heterocycles. The van der Waals surface area contributed by atoms with E-state index >= 15 is 0 Å². The van der Waals surface area contributed by atoms with E-state index in [4.69, 9.17) is 4.74 Å². The predicted octanol–water partition coefficient (Wildman–Crippen LogP) is 1.82. The number of ether oxygens (including phenoxy) is 1. The molecule has 0 unspecified atom stereocenters. The standard InChI is InChI=1S/C15H26N4O/c1-12(2)19-15(16-3)18-11-13-5-7-14(8-6-13)17-9-10-20-4/h5-8,12,17H,9-11H2,1-4H3,(H2,16,18,19). The van der Waals surface area contributed by atoms with Crippen LogP contribution in [0, 0.1) is 0 Å². The van der Waals surface area contributed by atoms with Gasteiger partial charge in [0, 0.05) is 39.0 Å². The number of hydrogen-bond acceptors (Lipinski definition) is 3. The fourth-order valence-corrected chi connectivity index (χ4v) is 1.69. The van der Waals surface area contributed by atoms with Crippen molar-refractivity contribution >= 4 is 11.6 Å². The van der Waals surface area contributed by atoms with Crippen molar-refractivity contribution in [1.29, 1.82) is 0 Å². The Bertz CT molecular complexity index is 401. The van der Waals surface area contributed by atoms with Crippen molar-refractivity contribution in [3.05, 3.63) is 29.8 Å². The molecule has 5 nitrogen and oxygen atoms in total. The Hall–Kier alpha value is -1.75. The summed E-state index contributed by atoms with van der Waals surface area (Å²) < 4.78 is 5.00. The summed E-state index contributed by atoms with van der Waals surface area (Å²) in [6.45, 7) is 6.46. The number of nitrogens with zero attached hydrogens (tertiary/aromatic N) is 1. The molecule has 1 aromatic carbocycles. The number of methoxy groups -OCH3 is 1. The lowest BCUT2D eigenvalue weighted by molar-refractivity contribution is 0.211. The van der Waals surface area contributed by atoms with Gasteiger partial charge in [0.25, 0.3) is 0 Å². The molecule has 5 heteroatoms. The highest BCUT2D eigenvalue weighted by molar-refractivity contribution is 5.79. The number of guanidine groups is 1. The molecule has 0 saturated carbocycles. The molecule has 0 atom stereocenters. The zero-order valence-electron chi connectivity index (χ0n) is 12.9. The van der Waals surface area contributed by atoms with Crippen LogP contribution in [0.4, 0.5) is 5.69 Å². The summed E-state index contributed by atoms with van der Waals surface area (Å²) in [5, 5.41) is 9.84. The maximum atomic E-state index is 5.00. The van der Waals surface area contributed by atoms with Crippen LogP contribution in [0.2, 0.25) is 0 Å². The van der Waals surface area contributed by atoms with Crippen LogP contribution < -0.4 is 16.0 Å². The second kappa shape index (κ2) is 9.20. The van der Waals surface area contributed by atoms with Crippen LogP contribution in [0.15, 0.2) is 29.3 Å². The van der Waals surface area contributed by atoms with Crippen LogP contribution in [0.25, 0.3) is 0 Å². The number of benzene rings is 1. The van der Waals surface area contributed by atoms with E-state index in [1.807, 2.05) is 0 Å². The summed E-state index contributed by atoms with van der Waals surface area (Å²) in [5.74, 6) is 0.822. The fourth-order valence-electron chi connectivity index (χ4n) is 1.69. The molecule has 0 aliphatic heterocycles. The van der Waals surface area contributed by atoms with Gasteiger partial charge in [0.2, 0.25) is 0 Å². The summed E-state index contributed by atoms with van der Waals surface area (Å²) in [6, 6.07) is 8.72. The monoisotopic (exact) mass is 278 g/mol. The Morgan fingerprint density at radius 2 is 1.95 bits per heavy atom. The first kappa shape index (κ1) is 16.3. The first-order valence-electron chi connectivity index (χ1n) is 6.94. The second-order valence-electron chi connectivity index (χ2n) is 4.84. The van der Waals surface area contributed by atoms with Crippen molar-refractivity contribution in [3.63, 3.8) is 0 Å². The molecule has 0 spiro atoms. The fraction of sp³-hybridized carbons (Fsp3) is 0.533. The van der Waals surface area contributed by atoms with E-state index < -0.39 is 0 Å². The van der Waals surface area contributed by atoms with Gasteiger partial charge in [-0.05, 0) is 31.5 Å². The minimum Gasteiger partial charge on any atom is -0.383 e. The highest BCUT2D eigenvalue weighted by atomic mass is 16.5. The molecule has 0 amide bonds. The van der Waals surface area contributed by atoms with Crippen LogP contribution in [0.3, 0.4) is 0 Å². The summed E-state index contributed by atoms with van der Waals surface area (Å²) in [5.41, 5.74) is 2.32. The molecule has 20 heavy (non-hydrogen) atoms. The van der Waals surface area contributed by atoms with E-state index in [1.165, 1.54) is 5.56 Å². The Balaban J connectivity index is 2.41. The van der Waals surface area contributed by atoms with Gasteiger partial charge in [0.15, 0.2) is 5.96 Å². The lowest BCUT2D eigenvalue weighted by Crippen LogP contribution is -2.40. The van der Waals surface area contributed by atoms with Gasteiger partial charge in [-0.3, -0.25) is 4.99 Å². The van der Waals surface area contributed by atoms with Gasteiger partial charge in [0.1, 0.15) is 0 Å². The molecule has 0 bridgehead atoms. The lowest BCUT2D eigenvalue weighted by Gasteiger charge is -2.14. The normalized spacial score (nSPS) is 11.6. The molecule has 0 saturated heterocycles. The van der Waals surface area contributed by atoms with E-state index in [0.717, 1.165) is 24.7 Å². The first-order valence-corrected chi connectivity index (χ1v) is 6.94. The molecule has 0 fully saturated rings. The van der Waals surface area contributed by atoms with Gasteiger partial charge in [-0.15, -0.1) is 0 Å². The third kappa shape index (κ3) is 6.43. The van der Waals surface area contributed by atoms with Crippen LogP contribution in [-0.2, 0) is 11.3 Å². The van der Waals surface area contributed by atoms with Crippen molar-refractivity contribution in [2.75, 3.05) is 32.6 Å². The SMILES string of the molecule is CN=C(NCc1ccc(NCCOC)cc1)NC(C)C. The number of anilines is 1. The maximum absolute atomic E-state index is 5.00. The Morgan fingerprint density at radius 1 is 1.25 bits per heavy atom. The third-order valence-electron chi connectivity index (χ3n) is 2.70. The summed E-state index contributed by atoms with van der Waals surface area (Å²) in [7, 11) is 3.48. The number of aliphatic imine (C=N–C) groups is 1. The highest BCUT2D eigenvalue weighted by Gasteiger charge is 2.00. The van der Waals surface area contributed by atoms with Crippen molar-refractivity contribution < 1.29 is 4.74 Å². The third-order valence-corrected chi connectivity index (χ3v) is 2.70. The minimum absolute atomic E-state index is 0.369. The van der Waals surface area contributed by atoms with Gasteiger partial charge in [-0.1, -0.05) is 12.1 Å². The maximum Gasteiger partial charge on any atom is 0.191 e. The predicted molar refractivity (Wildman–Crippen MR) is 85.3 cm³/mol. The zero-order chi connectivity index (χ0) is 14.8. The quantitative estimate of drug-likeness (QED) is 0.404. The molecular formula is C15H26N4O. The van der Waals surface area contributed by atoms with Crippen molar-refractivity contribution in [2.24, 2.45) is 4.99 Å². The molecule has 0 aromatic heterocycles. The first-order chi connectivity index (χ1) is 9.65. The van der Waals surface area contributed by atoms with Gasteiger partial charge >= 0.3 is 0 Å². The van der Waals surface area contributed by atoms with Gasteiger partial charge in [0.05, 0.1) is 6.61 Å². The molecule has 1 rings (SSSR count). The van der Waals surface area contributed by atoms with Gasteiger partial charge in [-0.25, -0.2) is 0 Å². The highest BCUT2D eigenvalue weighted by Crippen LogP contribution is 2.08. The van der Waals surface area contributed by atoms with E-state index in [0.29, 0.717) is 12.6 Å². The van der Waals surface area contributed by atoms with Crippen molar-refractivity contribution in [3.8, 4) is 0 Å².